The number of thiazole rings is 1. The van der Waals surface area contributed by atoms with Gasteiger partial charge in [-0.3, -0.25) is 28.2 Å². The number of benzene rings is 2. The zero-order valence-corrected chi connectivity index (χ0v) is 31.5. The molecule has 59 heavy (non-hydrogen) atoms. The molecule has 13 nitrogen and oxygen atoms in total. The molecule has 2 aliphatic carbocycles. The molecule has 0 radical (unpaired) electrons. The summed E-state index contributed by atoms with van der Waals surface area (Å²) in [6, 6.07) is 2.91. The second kappa shape index (κ2) is 13.5. The van der Waals surface area contributed by atoms with Gasteiger partial charge in [0.25, 0.3) is 11.5 Å². The normalized spacial score (nSPS) is 18.0. The first-order valence-corrected chi connectivity index (χ1v) is 19.9. The van der Waals surface area contributed by atoms with Crippen LogP contribution < -0.4 is 15.6 Å². The van der Waals surface area contributed by atoms with Crippen LogP contribution in [0.25, 0.3) is 26.9 Å². The van der Waals surface area contributed by atoms with E-state index in [0.717, 1.165) is 34.3 Å². The maximum Gasteiger partial charge on any atom is 0.435 e. The van der Waals surface area contributed by atoms with Crippen LogP contribution in [0.3, 0.4) is 0 Å². The van der Waals surface area contributed by atoms with Gasteiger partial charge in [0, 0.05) is 24.0 Å². The van der Waals surface area contributed by atoms with Crippen LogP contribution in [0.2, 0.25) is 0 Å². The fourth-order valence-corrected chi connectivity index (χ4v) is 8.76. The lowest BCUT2D eigenvalue weighted by Gasteiger charge is -2.24. The van der Waals surface area contributed by atoms with E-state index in [1.807, 2.05) is 0 Å². The number of amides is 1. The number of nitrogens with zero attached hydrogens (tertiary/aromatic N) is 7. The Morgan fingerprint density at radius 1 is 1.05 bits per heavy atom. The van der Waals surface area contributed by atoms with Crippen LogP contribution in [0.1, 0.15) is 52.3 Å². The molecular formula is C34H25F10N9O4S2. The van der Waals surface area contributed by atoms with Gasteiger partial charge in [0.05, 0.1) is 34.4 Å². The number of sulfonamides is 1. The molecule has 0 unspecified atom stereocenters. The van der Waals surface area contributed by atoms with Gasteiger partial charge >= 0.3 is 12.4 Å². The first kappa shape index (κ1) is 40.2. The van der Waals surface area contributed by atoms with Crippen molar-refractivity contribution in [2.24, 2.45) is 5.92 Å². The second-order valence-corrected chi connectivity index (χ2v) is 16.8. The van der Waals surface area contributed by atoms with Gasteiger partial charge in [0.15, 0.2) is 17.2 Å². The molecule has 0 saturated heterocycles. The molecule has 3 atom stereocenters. The molecule has 4 heterocycles. The van der Waals surface area contributed by atoms with E-state index >= 15 is 8.78 Å². The summed E-state index contributed by atoms with van der Waals surface area (Å²) in [6.07, 6.45) is -10.3. The van der Waals surface area contributed by atoms with E-state index in [9.17, 15) is 53.1 Å². The van der Waals surface area contributed by atoms with Gasteiger partial charge in [-0.25, -0.2) is 27.2 Å². The molecule has 4 aromatic heterocycles. The third kappa shape index (κ3) is 7.26. The lowest BCUT2D eigenvalue weighted by Crippen LogP contribution is -2.38. The number of halogens is 10. The standard InChI is InChI=1S/C34H25F10N9O4S2/c1-13-3-4-20(24-22(13)28(50-59(2,56)57)49-52(24)11-32(37,38)39)53-30(47-29-25(31(53)55)58-12-45-29)19(7-14-5-15(35)8-16(36)6-14)46-21(54)10-51-27-23(26(48-51)34(42,43)44)17-9-18(17)33(27,40)41/h3-6,8,12,17-19H,7,9-11H2,1-2H3,(H,46,54)(H,49,50)/t17-,18+,19-/m0/s1. The summed E-state index contributed by atoms with van der Waals surface area (Å²) in [5.41, 5.74) is -4.40. The average molecular weight is 878 g/mol. The minimum absolute atomic E-state index is 0.173. The van der Waals surface area contributed by atoms with E-state index < -0.39 is 129 Å². The zero-order valence-electron chi connectivity index (χ0n) is 29.9. The van der Waals surface area contributed by atoms with Crippen LogP contribution in [-0.4, -0.2) is 60.9 Å². The number of alkyl halides is 8. The number of rotatable bonds is 10. The number of carbonyl (C=O) groups is 1. The lowest BCUT2D eigenvalue weighted by atomic mass is 10.0. The van der Waals surface area contributed by atoms with Gasteiger partial charge in [0.2, 0.25) is 15.9 Å². The lowest BCUT2D eigenvalue weighted by molar-refractivity contribution is -0.142. The number of hydrogen-bond acceptors (Lipinski definition) is 9. The number of aromatic nitrogens is 7. The molecule has 1 saturated carbocycles. The molecule has 8 rings (SSSR count). The van der Waals surface area contributed by atoms with E-state index in [0.29, 0.717) is 10.7 Å². The molecule has 25 heteroatoms. The first-order chi connectivity index (χ1) is 27.4. The second-order valence-electron chi connectivity index (χ2n) is 14.2. The summed E-state index contributed by atoms with van der Waals surface area (Å²) >= 11 is 0.760. The Bertz CT molecular complexity index is 2880. The Balaban J connectivity index is 1.32. The van der Waals surface area contributed by atoms with Crippen LogP contribution in [0.15, 0.2) is 40.6 Å². The molecule has 1 amide bonds. The molecule has 2 aliphatic rings. The third-order valence-corrected chi connectivity index (χ3v) is 11.2. The monoisotopic (exact) mass is 877 g/mol. The Hall–Kier alpha value is -5.59. The number of aryl methyl sites for hydroxylation is 1. The van der Waals surface area contributed by atoms with Crippen molar-refractivity contribution >= 4 is 54.3 Å². The number of anilines is 1. The highest BCUT2D eigenvalue weighted by Gasteiger charge is 2.68. The van der Waals surface area contributed by atoms with Crippen LogP contribution in [0, 0.1) is 24.5 Å². The minimum atomic E-state index is -5.17. The molecule has 2 N–H and O–H groups in total. The van der Waals surface area contributed by atoms with Crippen LogP contribution in [-0.2, 0) is 46.4 Å². The molecule has 0 aliphatic heterocycles. The molecule has 6 aromatic rings. The third-order valence-electron chi connectivity index (χ3n) is 9.83. The van der Waals surface area contributed by atoms with E-state index in [4.69, 9.17) is 0 Å². The fraction of sp³-hybridized carbons (Fsp3) is 0.353. The van der Waals surface area contributed by atoms with Gasteiger partial charge in [-0.15, -0.1) is 11.3 Å². The smallest absolute Gasteiger partial charge is 0.344 e. The summed E-state index contributed by atoms with van der Waals surface area (Å²) < 4.78 is 172. The highest BCUT2D eigenvalue weighted by Crippen LogP contribution is 2.68. The summed E-state index contributed by atoms with van der Waals surface area (Å²) in [7, 11) is -4.16. The van der Waals surface area contributed by atoms with E-state index in [-0.39, 0.29) is 38.0 Å². The Morgan fingerprint density at radius 3 is 2.39 bits per heavy atom. The predicted molar refractivity (Wildman–Crippen MR) is 188 cm³/mol. The topological polar surface area (TPSA) is 159 Å². The minimum Gasteiger partial charge on any atom is -0.344 e. The molecule has 2 aromatic carbocycles. The number of nitrogens with one attached hydrogen (secondary N) is 2. The SMILES string of the molecule is Cc1ccc(-n2c([C@H](Cc3cc(F)cc(F)c3)NC(=O)Cn3nc(C(F)(F)F)c4c3C(F)(F)[C@@H]3C[C@H]43)nc3ncsc3c2=O)c2c1c(NS(C)(=O)=O)nn2CC(F)(F)F. The molecular weight excluding hydrogens is 853 g/mol. The quantitative estimate of drug-likeness (QED) is 0.153. The Labute approximate surface area is 327 Å². The van der Waals surface area contributed by atoms with Crippen molar-refractivity contribution in [3.63, 3.8) is 0 Å². The summed E-state index contributed by atoms with van der Waals surface area (Å²) in [5.74, 6) is -11.0. The average Bonchev–Trinajstić information content (AvgIpc) is 3.32. The van der Waals surface area contributed by atoms with Crippen molar-refractivity contribution in [3.8, 4) is 5.69 Å². The van der Waals surface area contributed by atoms with Crippen LogP contribution in [0.5, 0.6) is 0 Å². The van der Waals surface area contributed by atoms with Gasteiger partial charge < -0.3 is 5.32 Å². The van der Waals surface area contributed by atoms with Crippen molar-refractivity contribution in [1.29, 1.82) is 0 Å². The van der Waals surface area contributed by atoms with Gasteiger partial charge in [0.1, 0.15) is 40.9 Å². The fourth-order valence-electron chi connectivity index (χ4n) is 7.61. The Morgan fingerprint density at radius 2 is 1.75 bits per heavy atom. The van der Waals surface area contributed by atoms with Crippen molar-refractivity contribution in [1.82, 2.24) is 39.4 Å². The summed E-state index contributed by atoms with van der Waals surface area (Å²) in [5, 5.41) is 9.41. The van der Waals surface area contributed by atoms with Gasteiger partial charge in [-0.05, 0) is 48.6 Å². The molecule has 1 fully saturated rings. The first-order valence-electron chi connectivity index (χ1n) is 17.1. The van der Waals surface area contributed by atoms with Crippen molar-refractivity contribution in [2.45, 2.75) is 63.1 Å². The van der Waals surface area contributed by atoms with Crippen molar-refractivity contribution in [2.75, 3.05) is 11.0 Å². The van der Waals surface area contributed by atoms with E-state index in [1.54, 1.807) is 0 Å². The number of fused-ring (bicyclic) bond motifs is 5. The summed E-state index contributed by atoms with van der Waals surface area (Å²) in [4.78, 5) is 36.7. The summed E-state index contributed by atoms with van der Waals surface area (Å²) in [6.45, 7) is -1.65. The van der Waals surface area contributed by atoms with E-state index in [2.05, 4.69) is 30.2 Å². The molecule has 0 spiro atoms. The van der Waals surface area contributed by atoms with E-state index in [1.165, 1.54) is 24.6 Å². The number of carbonyl (C=O) groups excluding carboxylic acids is 1. The largest absolute Gasteiger partial charge is 0.435 e. The van der Waals surface area contributed by atoms with Crippen molar-refractivity contribution in [3.05, 3.63) is 91.7 Å². The van der Waals surface area contributed by atoms with Gasteiger partial charge in [-0.1, -0.05) is 6.07 Å². The number of hydrogen-bond donors (Lipinski definition) is 2. The highest BCUT2D eigenvalue weighted by molar-refractivity contribution is 7.92. The maximum absolute atomic E-state index is 15.4. The molecule has 312 valence electrons. The Kier molecular flexibility index (Phi) is 9.18. The van der Waals surface area contributed by atoms with Gasteiger partial charge in [-0.2, -0.15) is 45.3 Å². The maximum atomic E-state index is 15.4. The zero-order chi connectivity index (χ0) is 42.7. The van der Waals surface area contributed by atoms with Crippen molar-refractivity contribution < 1.29 is 57.1 Å². The highest BCUT2D eigenvalue weighted by atomic mass is 32.2. The van der Waals surface area contributed by atoms with Crippen LogP contribution in [0.4, 0.5) is 49.7 Å². The predicted octanol–water partition coefficient (Wildman–Crippen LogP) is 6.24. The molecule has 0 bridgehead atoms. The van der Waals surface area contributed by atoms with Crippen LogP contribution >= 0.6 is 11.3 Å².